The topological polar surface area (TPSA) is 50.5 Å². The van der Waals surface area contributed by atoms with E-state index in [1.165, 1.54) is 34.8 Å². The molecule has 25 heavy (non-hydrogen) atoms. The number of sulfonamides is 1. The van der Waals surface area contributed by atoms with E-state index < -0.39 is 10.0 Å². The zero-order chi connectivity index (χ0) is 17.7. The zero-order valence-electron chi connectivity index (χ0n) is 13.5. The Morgan fingerprint density at radius 3 is 2.52 bits per heavy atom. The number of hydrogen-bond acceptors (Lipinski definition) is 4. The predicted molar refractivity (Wildman–Crippen MR) is 96.2 cm³/mol. The van der Waals surface area contributed by atoms with E-state index in [2.05, 4.69) is 0 Å². The summed E-state index contributed by atoms with van der Waals surface area (Å²) in [5.74, 6) is -0.538. The van der Waals surface area contributed by atoms with Gasteiger partial charge in [0.1, 0.15) is 5.82 Å². The summed E-state index contributed by atoms with van der Waals surface area (Å²) in [5.41, 5.74) is 1.36. The fourth-order valence-corrected chi connectivity index (χ4v) is 4.68. The Labute approximate surface area is 150 Å². The monoisotopic (exact) mass is 379 g/mol. The molecule has 0 aliphatic rings. The van der Waals surface area contributed by atoms with Crippen molar-refractivity contribution in [2.45, 2.75) is 18.7 Å². The first-order valence-electron chi connectivity index (χ1n) is 7.79. The van der Waals surface area contributed by atoms with E-state index in [1.54, 1.807) is 23.7 Å². The standard InChI is InChI=1S/C18H18FNO3S2/c19-17-5-3-15(4-6-17)14-25(21,22)20(12-16-8-10-23-13-16)9-7-18-2-1-11-24-18/h1-6,8,10-11,13H,7,9,12,14H2. The van der Waals surface area contributed by atoms with Gasteiger partial charge in [0.05, 0.1) is 18.3 Å². The van der Waals surface area contributed by atoms with E-state index in [0.717, 1.165) is 10.4 Å². The second kappa shape index (κ2) is 7.95. The Kier molecular flexibility index (Phi) is 5.67. The van der Waals surface area contributed by atoms with Crippen LogP contribution < -0.4 is 0 Å². The lowest BCUT2D eigenvalue weighted by Gasteiger charge is -2.21. The third kappa shape index (κ3) is 5.01. The van der Waals surface area contributed by atoms with Gasteiger partial charge in [0.25, 0.3) is 0 Å². The van der Waals surface area contributed by atoms with Crippen LogP contribution in [-0.2, 0) is 28.7 Å². The number of benzene rings is 1. The van der Waals surface area contributed by atoms with Crippen molar-refractivity contribution in [2.75, 3.05) is 6.54 Å². The SMILES string of the molecule is O=S(=O)(Cc1ccc(F)cc1)N(CCc1cccs1)Cc1ccoc1. The van der Waals surface area contributed by atoms with Gasteiger partial charge in [-0.15, -0.1) is 11.3 Å². The van der Waals surface area contributed by atoms with Gasteiger partial charge in [-0.05, 0) is 41.6 Å². The van der Waals surface area contributed by atoms with E-state index in [4.69, 9.17) is 4.42 Å². The minimum Gasteiger partial charge on any atom is -0.472 e. The second-order valence-electron chi connectivity index (χ2n) is 5.68. The Balaban J connectivity index is 1.76. The highest BCUT2D eigenvalue weighted by atomic mass is 32.2. The quantitative estimate of drug-likeness (QED) is 0.593. The molecule has 1 aromatic carbocycles. The summed E-state index contributed by atoms with van der Waals surface area (Å²) in [6.07, 6.45) is 3.73. The number of halogens is 1. The van der Waals surface area contributed by atoms with Crippen LogP contribution in [0.15, 0.2) is 64.8 Å². The summed E-state index contributed by atoms with van der Waals surface area (Å²) in [6, 6.07) is 11.3. The molecule has 3 rings (SSSR count). The molecule has 2 heterocycles. The van der Waals surface area contributed by atoms with Crippen LogP contribution in [0.25, 0.3) is 0 Å². The highest BCUT2D eigenvalue weighted by Crippen LogP contribution is 2.18. The molecule has 4 nitrogen and oxygen atoms in total. The third-order valence-corrected chi connectivity index (χ3v) is 6.52. The molecule has 132 valence electrons. The Morgan fingerprint density at radius 1 is 1.08 bits per heavy atom. The minimum absolute atomic E-state index is 0.157. The average Bonchev–Trinajstić information content (AvgIpc) is 3.26. The van der Waals surface area contributed by atoms with Crippen molar-refractivity contribution < 1.29 is 17.2 Å². The molecule has 0 unspecified atom stereocenters. The van der Waals surface area contributed by atoms with Crippen molar-refractivity contribution in [3.8, 4) is 0 Å². The van der Waals surface area contributed by atoms with Gasteiger partial charge in [-0.3, -0.25) is 0 Å². The predicted octanol–water partition coefficient (Wildman–Crippen LogP) is 4.05. The van der Waals surface area contributed by atoms with Crippen LogP contribution in [0.5, 0.6) is 0 Å². The van der Waals surface area contributed by atoms with Gasteiger partial charge in [-0.1, -0.05) is 18.2 Å². The molecule has 0 bridgehead atoms. The van der Waals surface area contributed by atoms with Crippen molar-refractivity contribution in [3.05, 3.63) is 82.2 Å². The van der Waals surface area contributed by atoms with Crippen molar-refractivity contribution in [1.82, 2.24) is 4.31 Å². The Bertz CT molecular complexity index is 873. The molecule has 0 aliphatic carbocycles. The highest BCUT2D eigenvalue weighted by molar-refractivity contribution is 7.88. The van der Waals surface area contributed by atoms with Crippen LogP contribution in [0, 0.1) is 5.82 Å². The number of thiophene rings is 1. The second-order valence-corrected chi connectivity index (χ2v) is 8.68. The van der Waals surface area contributed by atoms with Gasteiger partial charge in [0.15, 0.2) is 0 Å². The van der Waals surface area contributed by atoms with Gasteiger partial charge in [0, 0.05) is 23.5 Å². The van der Waals surface area contributed by atoms with Crippen molar-refractivity contribution in [2.24, 2.45) is 0 Å². The van der Waals surface area contributed by atoms with Crippen LogP contribution in [0.2, 0.25) is 0 Å². The first kappa shape index (κ1) is 17.8. The molecule has 0 aliphatic heterocycles. The molecule has 0 fully saturated rings. The zero-order valence-corrected chi connectivity index (χ0v) is 15.1. The summed E-state index contributed by atoms with van der Waals surface area (Å²) in [6.45, 7) is 0.640. The summed E-state index contributed by atoms with van der Waals surface area (Å²) in [4.78, 5) is 1.13. The summed E-state index contributed by atoms with van der Waals surface area (Å²) < 4.78 is 45.3. The van der Waals surface area contributed by atoms with Gasteiger partial charge in [0.2, 0.25) is 10.0 Å². The molecule has 0 atom stereocenters. The maximum atomic E-state index is 13.0. The normalized spacial score (nSPS) is 11.9. The first-order valence-corrected chi connectivity index (χ1v) is 10.3. The number of nitrogens with zero attached hydrogens (tertiary/aromatic N) is 1. The molecule has 0 radical (unpaired) electrons. The molecule has 0 saturated heterocycles. The summed E-state index contributed by atoms with van der Waals surface area (Å²) in [7, 11) is -3.54. The lowest BCUT2D eigenvalue weighted by Crippen LogP contribution is -2.33. The van der Waals surface area contributed by atoms with Crippen LogP contribution >= 0.6 is 11.3 Å². The van der Waals surface area contributed by atoms with Gasteiger partial charge < -0.3 is 4.42 Å². The average molecular weight is 379 g/mol. The molecular weight excluding hydrogens is 361 g/mol. The van der Waals surface area contributed by atoms with Crippen LogP contribution in [0.1, 0.15) is 16.0 Å². The van der Waals surface area contributed by atoms with Crippen molar-refractivity contribution >= 4 is 21.4 Å². The van der Waals surface area contributed by atoms with Gasteiger partial charge in [-0.2, -0.15) is 4.31 Å². The molecule has 0 amide bonds. The molecule has 3 aromatic rings. The number of furan rings is 1. The third-order valence-electron chi connectivity index (χ3n) is 3.78. The molecule has 0 N–H and O–H groups in total. The van der Waals surface area contributed by atoms with E-state index in [9.17, 15) is 12.8 Å². The Morgan fingerprint density at radius 2 is 1.88 bits per heavy atom. The first-order chi connectivity index (χ1) is 12.0. The summed E-state index contributed by atoms with van der Waals surface area (Å²) in [5, 5.41) is 1.97. The van der Waals surface area contributed by atoms with E-state index in [-0.39, 0.29) is 18.1 Å². The molecule has 0 saturated carbocycles. The maximum absolute atomic E-state index is 13.0. The fraction of sp³-hybridized carbons (Fsp3) is 0.222. The summed E-state index contributed by atoms with van der Waals surface area (Å²) >= 11 is 1.61. The van der Waals surface area contributed by atoms with Gasteiger partial charge >= 0.3 is 0 Å². The maximum Gasteiger partial charge on any atom is 0.218 e. The van der Waals surface area contributed by atoms with Crippen molar-refractivity contribution in [3.63, 3.8) is 0 Å². The van der Waals surface area contributed by atoms with Gasteiger partial charge in [-0.25, -0.2) is 12.8 Å². The lowest BCUT2D eigenvalue weighted by atomic mass is 10.2. The minimum atomic E-state index is -3.54. The van der Waals surface area contributed by atoms with E-state index in [1.807, 2.05) is 17.5 Å². The molecule has 0 spiro atoms. The number of hydrogen-bond donors (Lipinski definition) is 0. The molecule has 7 heteroatoms. The fourth-order valence-electron chi connectivity index (χ4n) is 2.48. The van der Waals surface area contributed by atoms with Crippen molar-refractivity contribution in [1.29, 1.82) is 0 Å². The smallest absolute Gasteiger partial charge is 0.218 e. The van der Waals surface area contributed by atoms with Crippen LogP contribution in [0.3, 0.4) is 0 Å². The number of rotatable bonds is 8. The van der Waals surface area contributed by atoms with E-state index >= 15 is 0 Å². The largest absolute Gasteiger partial charge is 0.472 e. The molecule has 2 aromatic heterocycles. The molecular formula is C18H18FNO3S2. The van der Waals surface area contributed by atoms with E-state index in [0.29, 0.717) is 18.5 Å². The lowest BCUT2D eigenvalue weighted by molar-refractivity contribution is 0.407. The highest BCUT2D eigenvalue weighted by Gasteiger charge is 2.23. The van der Waals surface area contributed by atoms with Crippen LogP contribution in [-0.4, -0.2) is 19.3 Å². The Hall–Kier alpha value is -1.96. The van der Waals surface area contributed by atoms with Crippen LogP contribution in [0.4, 0.5) is 4.39 Å².